The summed E-state index contributed by atoms with van der Waals surface area (Å²) in [4.78, 5) is 32.4. The SMILES string of the molecule is COc1cc(/C=C2/SC(=Nc3ccc(C)cc3)N(C3CCCCC3)C2=O)c([N+](=O)[O-])cc1OCc1ccccc1. The van der Waals surface area contributed by atoms with E-state index >= 15 is 0 Å². The first-order valence-corrected chi connectivity index (χ1v) is 14.2. The average molecular weight is 558 g/mol. The van der Waals surface area contributed by atoms with E-state index in [0.29, 0.717) is 15.8 Å². The maximum atomic E-state index is 13.8. The number of thioether (sulfide) groups is 1. The number of nitro groups is 1. The molecule has 0 atom stereocenters. The number of nitrogens with zero attached hydrogens (tertiary/aromatic N) is 3. The average Bonchev–Trinajstić information content (AvgIpc) is 3.27. The minimum atomic E-state index is -0.467. The van der Waals surface area contributed by atoms with Crippen LogP contribution in [0, 0.1) is 17.0 Å². The summed E-state index contributed by atoms with van der Waals surface area (Å²) < 4.78 is 11.4. The van der Waals surface area contributed by atoms with Crippen molar-refractivity contribution in [1.82, 2.24) is 4.90 Å². The molecule has 1 aliphatic heterocycles. The van der Waals surface area contributed by atoms with Crippen LogP contribution in [0.25, 0.3) is 6.08 Å². The van der Waals surface area contributed by atoms with E-state index in [1.165, 1.54) is 24.9 Å². The van der Waals surface area contributed by atoms with Gasteiger partial charge in [-0.05, 0) is 61.4 Å². The van der Waals surface area contributed by atoms with E-state index in [0.717, 1.165) is 48.9 Å². The Labute approximate surface area is 237 Å². The number of nitro benzene ring substituents is 1. The summed E-state index contributed by atoms with van der Waals surface area (Å²) in [6.07, 6.45) is 6.67. The summed E-state index contributed by atoms with van der Waals surface area (Å²) in [7, 11) is 1.49. The van der Waals surface area contributed by atoms with E-state index in [1.807, 2.05) is 61.5 Å². The Hall–Kier alpha value is -4.11. The Balaban J connectivity index is 1.50. The number of carbonyl (C=O) groups excluding carboxylic acids is 1. The zero-order chi connectivity index (χ0) is 28.1. The molecule has 0 radical (unpaired) electrons. The standard InChI is InChI=1S/C31H31N3O5S/c1-21-13-15-24(16-14-21)32-31-33(25-11-7-4-8-12-25)30(35)29(40-31)18-23-17-27(38-2)28(19-26(23)34(36)37)39-20-22-9-5-3-6-10-22/h3,5-6,9-10,13-19,25H,4,7-8,11-12,20H2,1-2H3/b29-18+,32-31?. The first-order valence-electron chi connectivity index (χ1n) is 13.3. The normalized spacial score (nSPS) is 17.9. The molecule has 9 heteroatoms. The molecule has 206 valence electrons. The van der Waals surface area contributed by atoms with E-state index in [4.69, 9.17) is 14.5 Å². The number of rotatable bonds is 8. The summed E-state index contributed by atoms with van der Waals surface area (Å²) in [5.74, 6) is 0.429. The van der Waals surface area contributed by atoms with Gasteiger partial charge in [-0.2, -0.15) is 0 Å². The van der Waals surface area contributed by atoms with Gasteiger partial charge in [0.05, 0.1) is 34.3 Å². The van der Waals surface area contributed by atoms with Crippen LogP contribution in [0.3, 0.4) is 0 Å². The van der Waals surface area contributed by atoms with Crippen molar-refractivity contribution < 1.29 is 19.2 Å². The maximum Gasteiger partial charge on any atom is 0.280 e. The second-order valence-electron chi connectivity index (χ2n) is 9.90. The van der Waals surface area contributed by atoms with E-state index in [9.17, 15) is 14.9 Å². The number of ether oxygens (including phenoxy) is 2. The molecule has 1 aliphatic carbocycles. The summed E-state index contributed by atoms with van der Waals surface area (Å²) in [6, 6.07) is 20.3. The number of methoxy groups -OCH3 is 1. The number of hydrogen-bond donors (Lipinski definition) is 0. The monoisotopic (exact) mass is 557 g/mol. The minimum absolute atomic E-state index is 0.0575. The molecule has 8 nitrogen and oxygen atoms in total. The lowest BCUT2D eigenvalue weighted by Crippen LogP contribution is -2.40. The van der Waals surface area contributed by atoms with Gasteiger partial charge in [0.15, 0.2) is 16.7 Å². The molecule has 0 spiro atoms. The van der Waals surface area contributed by atoms with Crippen molar-refractivity contribution in [3.05, 3.63) is 98.4 Å². The van der Waals surface area contributed by atoms with Gasteiger partial charge in [-0.1, -0.05) is 67.3 Å². The lowest BCUT2D eigenvalue weighted by molar-refractivity contribution is -0.385. The Morgan fingerprint density at radius 3 is 2.45 bits per heavy atom. The van der Waals surface area contributed by atoms with Crippen LogP contribution in [0.5, 0.6) is 11.5 Å². The molecule has 1 saturated carbocycles. The van der Waals surface area contributed by atoms with Gasteiger partial charge in [0.25, 0.3) is 11.6 Å². The van der Waals surface area contributed by atoms with Crippen LogP contribution >= 0.6 is 11.8 Å². The first kappa shape index (κ1) is 27.5. The molecule has 1 amide bonds. The second kappa shape index (κ2) is 12.4. The summed E-state index contributed by atoms with van der Waals surface area (Å²) in [5, 5.41) is 12.7. The largest absolute Gasteiger partial charge is 0.493 e. The Bertz CT molecular complexity index is 1450. The zero-order valence-electron chi connectivity index (χ0n) is 22.5. The van der Waals surface area contributed by atoms with Crippen LogP contribution in [0.4, 0.5) is 11.4 Å². The highest BCUT2D eigenvalue weighted by atomic mass is 32.2. The summed E-state index contributed by atoms with van der Waals surface area (Å²) in [5.41, 5.74) is 2.91. The first-order chi connectivity index (χ1) is 19.4. The van der Waals surface area contributed by atoms with Crippen molar-refractivity contribution in [2.45, 2.75) is 51.7 Å². The molecular weight excluding hydrogens is 526 g/mol. The van der Waals surface area contributed by atoms with Crippen molar-refractivity contribution in [2.24, 2.45) is 4.99 Å². The molecule has 0 N–H and O–H groups in total. The third-order valence-electron chi connectivity index (χ3n) is 7.07. The van der Waals surface area contributed by atoms with E-state index < -0.39 is 4.92 Å². The number of amidine groups is 1. The van der Waals surface area contributed by atoms with E-state index in [-0.39, 0.29) is 35.6 Å². The number of benzene rings is 3. The van der Waals surface area contributed by atoms with Crippen molar-refractivity contribution in [2.75, 3.05) is 7.11 Å². The Morgan fingerprint density at radius 1 is 1.05 bits per heavy atom. The lowest BCUT2D eigenvalue weighted by atomic mass is 9.94. The highest BCUT2D eigenvalue weighted by Crippen LogP contribution is 2.41. The topological polar surface area (TPSA) is 94.3 Å². The zero-order valence-corrected chi connectivity index (χ0v) is 23.4. The van der Waals surface area contributed by atoms with Crippen LogP contribution in [0.15, 0.2) is 76.6 Å². The molecule has 3 aromatic rings. The number of carbonyl (C=O) groups is 1. The molecule has 40 heavy (non-hydrogen) atoms. The van der Waals surface area contributed by atoms with Crippen LogP contribution < -0.4 is 9.47 Å². The van der Waals surface area contributed by atoms with Crippen molar-refractivity contribution in [3.63, 3.8) is 0 Å². The van der Waals surface area contributed by atoms with Gasteiger partial charge in [-0.15, -0.1) is 0 Å². The molecule has 0 bridgehead atoms. The van der Waals surface area contributed by atoms with E-state index in [2.05, 4.69) is 0 Å². The number of aliphatic imine (C=N–C) groups is 1. The van der Waals surface area contributed by atoms with Crippen LogP contribution in [0.1, 0.15) is 48.8 Å². The lowest BCUT2D eigenvalue weighted by Gasteiger charge is -2.30. The van der Waals surface area contributed by atoms with Crippen molar-refractivity contribution in [3.8, 4) is 11.5 Å². The Kier molecular flexibility index (Phi) is 8.50. The predicted octanol–water partition coefficient (Wildman–Crippen LogP) is 7.43. The number of hydrogen-bond acceptors (Lipinski definition) is 7. The quantitative estimate of drug-likeness (QED) is 0.162. The van der Waals surface area contributed by atoms with Gasteiger partial charge < -0.3 is 9.47 Å². The van der Waals surface area contributed by atoms with E-state index in [1.54, 1.807) is 17.0 Å². The predicted molar refractivity (Wildman–Crippen MR) is 158 cm³/mol. The van der Waals surface area contributed by atoms with Crippen LogP contribution in [0.2, 0.25) is 0 Å². The smallest absolute Gasteiger partial charge is 0.280 e. The van der Waals surface area contributed by atoms with Crippen LogP contribution in [-0.4, -0.2) is 34.0 Å². The molecule has 1 heterocycles. The highest BCUT2D eigenvalue weighted by molar-refractivity contribution is 8.18. The van der Waals surface area contributed by atoms with Gasteiger partial charge in [0.2, 0.25) is 0 Å². The fourth-order valence-corrected chi connectivity index (χ4v) is 5.99. The number of amides is 1. The fraction of sp³-hybridized carbons (Fsp3) is 0.290. The molecule has 5 rings (SSSR count). The summed E-state index contributed by atoms with van der Waals surface area (Å²) in [6.45, 7) is 2.25. The molecule has 0 aromatic heterocycles. The molecule has 2 aliphatic rings. The molecular formula is C31H31N3O5S. The van der Waals surface area contributed by atoms with Gasteiger partial charge in [0.1, 0.15) is 6.61 Å². The third-order valence-corrected chi connectivity index (χ3v) is 8.05. The Morgan fingerprint density at radius 2 is 1.77 bits per heavy atom. The van der Waals surface area contributed by atoms with Crippen molar-refractivity contribution >= 4 is 40.3 Å². The summed E-state index contributed by atoms with van der Waals surface area (Å²) >= 11 is 1.25. The molecule has 3 aromatic carbocycles. The second-order valence-corrected chi connectivity index (χ2v) is 10.9. The van der Waals surface area contributed by atoms with Gasteiger partial charge in [0, 0.05) is 6.04 Å². The highest BCUT2D eigenvalue weighted by Gasteiger charge is 2.39. The maximum absolute atomic E-state index is 13.8. The van der Waals surface area contributed by atoms with Gasteiger partial charge >= 0.3 is 0 Å². The molecule has 0 unspecified atom stereocenters. The number of aryl methyl sites for hydroxylation is 1. The third kappa shape index (κ3) is 6.20. The van der Waals surface area contributed by atoms with Crippen molar-refractivity contribution in [1.29, 1.82) is 0 Å². The molecule has 2 fully saturated rings. The van der Waals surface area contributed by atoms with Gasteiger partial charge in [-0.25, -0.2) is 4.99 Å². The van der Waals surface area contributed by atoms with Gasteiger partial charge in [-0.3, -0.25) is 19.8 Å². The molecule has 1 saturated heterocycles. The minimum Gasteiger partial charge on any atom is -0.493 e. The fourth-order valence-electron chi connectivity index (χ4n) is 4.94. The van der Waals surface area contributed by atoms with Crippen LogP contribution in [-0.2, 0) is 11.4 Å².